The number of nitrogens with two attached hydrogens (primary N) is 1. The molecular weight excluding hydrogens is 392 g/mol. The Hall–Kier alpha value is -3.23. The Balaban J connectivity index is 1.31. The van der Waals surface area contributed by atoms with E-state index >= 15 is 0 Å². The highest BCUT2D eigenvalue weighted by molar-refractivity contribution is 5.83. The molecule has 0 aliphatic carbocycles. The molecule has 2 aromatic carbocycles. The summed E-state index contributed by atoms with van der Waals surface area (Å²) in [6.07, 6.45) is 2.00. The number of fused-ring (bicyclic) bond motifs is 1. The van der Waals surface area contributed by atoms with Crippen LogP contribution < -0.4 is 21.7 Å². The van der Waals surface area contributed by atoms with E-state index in [1.54, 1.807) is 0 Å². The standard InChI is InChI=1S/C23H28N6O2/c24-13-21(30)27-17-12-19(26-14-17)23(31)25-10-9-20-28-18-8-4-7-16(22(18)29-20)11-15-5-2-1-3-6-15/h1-8,17,19,26H,9-14,24H2,(H,25,31)(H,27,30)(H,28,29). The maximum Gasteiger partial charge on any atom is 0.237 e. The van der Waals surface area contributed by atoms with E-state index in [1.165, 1.54) is 11.1 Å². The largest absolute Gasteiger partial charge is 0.354 e. The summed E-state index contributed by atoms with van der Waals surface area (Å²) in [5.74, 6) is 0.582. The van der Waals surface area contributed by atoms with Crippen LogP contribution in [0.5, 0.6) is 0 Å². The zero-order valence-corrected chi connectivity index (χ0v) is 17.4. The van der Waals surface area contributed by atoms with Crippen molar-refractivity contribution in [3.05, 3.63) is 65.5 Å². The third-order valence-corrected chi connectivity index (χ3v) is 5.54. The fourth-order valence-corrected chi connectivity index (χ4v) is 3.98. The molecule has 1 fully saturated rings. The van der Waals surface area contributed by atoms with Gasteiger partial charge in [0.25, 0.3) is 0 Å². The average molecular weight is 421 g/mol. The number of benzene rings is 2. The molecule has 2 unspecified atom stereocenters. The SMILES string of the molecule is NCC(=O)NC1CNC(C(=O)NCCc2nc3c(Cc4ccccc4)cccc3[nH]2)C1. The third-order valence-electron chi connectivity index (χ3n) is 5.54. The maximum atomic E-state index is 12.4. The van der Waals surface area contributed by atoms with Crippen molar-refractivity contribution in [2.24, 2.45) is 5.73 Å². The van der Waals surface area contributed by atoms with Crippen molar-refractivity contribution in [1.29, 1.82) is 0 Å². The lowest BCUT2D eigenvalue weighted by Crippen LogP contribution is -2.41. The Morgan fingerprint density at radius 2 is 1.97 bits per heavy atom. The first-order valence-corrected chi connectivity index (χ1v) is 10.6. The van der Waals surface area contributed by atoms with Crippen LogP contribution >= 0.6 is 0 Å². The number of hydrogen-bond acceptors (Lipinski definition) is 5. The number of rotatable bonds is 8. The molecule has 1 aliphatic rings. The van der Waals surface area contributed by atoms with Crippen molar-refractivity contribution in [3.8, 4) is 0 Å². The molecule has 31 heavy (non-hydrogen) atoms. The number of carbonyl (C=O) groups is 2. The van der Waals surface area contributed by atoms with Crippen LogP contribution in [0.2, 0.25) is 0 Å². The van der Waals surface area contributed by atoms with Crippen LogP contribution in [0.25, 0.3) is 11.0 Å². The second-order valence-electron chi connectivity index (χ2n) is 7.87. The summed E-state index contributed by atoms with van der Waals surface area (Å²) < 4.78 is 0. The van der Waals surface area contributed by atoms with Crippen LogP contribution in [-0.4, -0.2) is 53.5 Å². The van der Waals surface area contributed by atoms with Crippen LogP contribution in [0.1, 0.15) is 23.4 Å². The van der Waals surface area contributed by atoms with Gasteiger partial charge in [-0.05, 0) is 30.0 Å². The van der Waals surface area contributed by atoms with E-state index in [2.05, 4.69) is 39.1 Å². The van der Waals surface area contributed by atoms with Gasteiger partial charge in [0.2, 0.25) is 11.8 Å². The number of aromatic amines is 1. The van der Waals surface area contributed by atoms with Gasteiger partial charge >= 0.3 is 0 Å². The lowest BCUT2D eigenvalue weighted by molar-refractivity contribution is -0.123. The van der Waals surface area contributed by atoms with E-state index in [0.717, 1.165) is 23.3 Å². The van der Waals surface area contributed by atoms with Crippen LogP contribution in [-0.2, 0) is 22.4 Å². The molecule has 3 aromatic rings. The molecule has 2 atom stereocenters. The summed E-state index contributed by atoms with van der Waals surface area (Å²) in [5, 5.41) is 8.92. The normalized spacial score (nSPS) is 18.2. The molecule has 6 N–H and O–H groups in total. The fourth-order valence-electron chi connectivity index (χ4n) is 3.98. The van der Waals surface area contributed by atoms with Gasteiger partial charge < -0.3 is 26.7 Å². The number of para-hydroxylation sites is 1. The molecule has 0 radical (unpaired) electrons. The van der Waals surface area contributed by atoms with E-state index in [0.29, 0.717) is 25.9 Å². The van der Waals surface area contributed by atoms with Crippen LogP contribution in [0.4, 0.5) is 0 Å². The van der Waals surface area contributed by atoms with Gasteiger partial charge in [0.05, 0.1) is 23.6 Å². The molecule has 8 heteroatoms. The van der Waals surface area contributed by atoms with Gasteiger partial charge in [0.1, 0.15) is 5.82 Å². The zero-order chi connectivity index (χ0) is 21.6. The van der Waals surface area contributed by atoms with Gasteiger partial charge in [0.15, 0.2) is 0 Å². The van der Waals surface area contributed by atoms with E-state index in [-0.39, 0.29) is 30.4 Å². The van der Waals surface area contributed by atoms with Crippen LogP contribution in [0.15, 0.2) is 48.5 Å². The first kappa shape index (κ1) is 21.0. The predicted molar refractivity (Wildman–Crippen MR) is 119 cm³/mol. The minimum Gasteiger partial charge on any atom is -0.354 e. The monoisotopic (exact) mass is 420 g/mol. The number of nitrogens with zero attached hydrogens (tertiary/aromatic N) is 1. The Labute approximate surface area is 181 Å². The van der Waals surface area contributed by atoms with Crippen molar-refractivity contribution in [1.82, 2.24) is 25.9 Å². The van der Waals surface area contributed by atoms with Gasteiger partial charge in [-0.25, -0.2) is 4.98 Å². The second kappa shape index (κ2) is 9.72. The van der Waals surface area contributed by atoms with Crippen molar-refractivity contribution in [3.63, 3.8) is 0 Å². The predicted octanol–water partition coefficient (Wildman–Crippen LogP) is 0.618. The number of carbonyl (C=O) groups excluding carboxylic acids is 2. The highest BCUT2D eigenvalue weighted by Gasteiger charge is 2.29. The van der Waals surface area contributed by atoms with Crippen LogP contribution in [0.3, 0.4) is 0 Å². The molecule has 0 spiro atoms. The molecule has 0 bridgehead atoms. The Kier molecular flexibility index (Phi) is 6.59. The average Bonchev–Trinajstić information content (AvgIpc) is 3.42. The zero-order valence-electron chi connectivity index (χ0n) is 17.4. The molecule has 2 heterocycles. The molecule has 162 valence electrons. The Bertz CT molecular complexity index is 1050. The second-order valence-corrected chi connectivity index (χ2v) is 7.87. The van der Waals surface area contributed by atoms with Crippen molar-refractivity contribution in [2.45, 2.75) is 31.3 Å². The lowest BCUT2D eigenvalue weighted by atomic mass is 10.0. The van der Waals surface area contributed by atoms with Gasteiger partial charge in [-0.15, -0.1) is 0 Å². The summed E-state index contributed by atoms with van der Waals surface area (Å²) in [5.41, 5.74) is 9.73. The summed E-state index contributed by atoms with van der Waals surface area (Å²) >= 11 is 0. The summed E-state index contributed by atoms with van der Waals surface area (Å²) in [7, 11) is 0. The lowest BCUT2D eigenvalue weighted by Gasteiger charge is -2.12. The molecule has 2 amide bonds. The number of H-pyrrole nitrogens is 1. The van der Waals surface area contributed by atoms with Crippen molar-refractivity contribution >= 4 is 22.8 Å². The molecule has 8 nitrogen and oxygen atoms in total. The molecule has 1 aliphatic heterocycles. The van der Waals surface area contributed by atoms with Gasteiger partial charge in [-0.2, -0.15) is 0 Å². The molecule has 1 aromatic heterocycles. The minimum absolute atomic E-state index is 0.0437. The quantitative estimate of drug-likeness (QED) is 0.365. The number of hydrogen-bond donors (Lipinski definition) is 5. The van der Waals surface area contributed by atoms with E-state index in [4.69, 9.17) is 10.7 Å². The first-order chi connectivity index (χ1) is 15.1. The highest BCUT2D eigenvalue weighted by Crippen LogP contribution is 2.20. The Morgan fingerprint density at radius 1 is 1.13 bits per heavy atom. The highest BCUT2D eigenvalue weighted by atomic mass is 16.2. The maximum absolute atomic E-state index is 12.4. The summed E-state index contributed by atoms with van der Waals surface area (Å²) in [4.78, 5) is 32.0. The van der Waals surface area contributed by atoms with E-state index in [1.807, 2.05) is 30.3 Å². The molecule has 4 rings (SSSR count). The third kappa shape index (κ3) is 5.28. The van der Waals surface area contributed by atoms with Gasteiger partial charge in [-0.3, -0.25) is 9.59 Å². The number of amides is 2. The molecular formula is C23H28N6O2. The summed E-state index contributed by atoms with van der Waals surface area (Å²) in [6.45, 7) is 1.01. The van der Waals surface area contributed by atoms with E-state index in [9.17, 15) is 9.59 Å². The number of imidazole rings is 1. The van der Waals surface area contributed by atoms with E-state index < -0.39 is 0 Å². The van der Waals surface area contributed by atoms with Crippen molar-refractivity contribution < 1.29 is 9.59 Å². The molecule has 1 saturated heterocycles. The van der Waals surface area contributed by atoms with Crippen LogP contribution in [0, 0.1) is 0 Å². The Morgan fingerprint density at radius 3 is 2.77 bits per heavy atom. The van der Waals surface area contributed by atoms with Gasteiger partial charge in [0, 0.05) is 25.6 Å². The molecule has 0 saturated carbocycles. The fraction of sp³-hybridized carbons (Fsp3) is 0.348. The number of nitrogens with one attached hydrogen (secondary N) is 4. The topological polar surface area (TPSA) is 125 Å². The first-order valence-electron chi connectivity index (χ1n) is 10.6. The minimum atomic E-state index is -0.309. The van der Waals surface area contributed by atoms with Gasteiger partial charge in [-0.1, -0.05) is 42.5 Å². The number of aromatic nitrogens is 2. The summed E-state index contributed by atoms with van der Waals surface area (Å²) in [6, 6.07) is 16.1. The van der Waals surface area contributed by atoms with Crippen molar-refractivity contribution in [2.75, 3.05) is 19.6 Å². The smallest absolute Gasteiger partial charge is 0.237 e.